The van der Waals surface area contributed by atoms with E-state index < -0.39 is 12.0 Å². The molecule has 1 amide bonds. The fraction of sp³-hybridized carbons (Fsp3) is 0.176. The number of aliphatic hydroxyl groups excluding tert-OH is 1. The van der Waals surface area contributed by atoms with E-state index >= 15 is 0 Å². The molecule has 7 heteroatoms. The molecule has 0 bridgehead atoms. The summed E-state index contributed by atoms with van der Waals surface area (Å²) in [5.74, 6) is -0.461. The Morgan fingerprint density at radius 2 is 2.04 bits per heavy atom. The summed E-state index contributed by atoms with van der Waals surface area (Å²) in [6.07, 6.45) is 3.68. The average molecular weight is 343 g/mol. The second-order valence-corrected chi connectivity index (χ2v) is 5.67. The Morgan fingerprint density at radius 1 is 1.29 bits per heavy atom. The molecule has 6 nitrogen and oxygen atoms in total. The molecule has 0 aromatic heterocycles. The maximum Gasteiger partial charge on any atom is 0.259 e. The van der Waals surface area contributed by atoms with Gasteiger partial charge in [0.25, 0.3) is 5.91 Å². The number of nitrogens with zero attached hydrogens (tertiary/aromatic N) is 3. The molecule has 3 rings (SSSR count). The van der Waals surface area contributed by atoms with Crippen molar-refractivity contribution in [2.45, 2.75) is 12.5 Å². The van der Waals surface area contributed by atoms with E-state index in [2.05, 4.69) is 5.43 Å². The lowest BCUT2D eigenvalue weighted by Crippen LogP contribution is -2.42. The number of aliphatic hydroxyl groups is 1. The highest BCUT2D eigenvalue weighted by atomic mass is 35.5. The van der Waals surface area contributed by atoms with Crippen LogP contribution in [-0.4, -0.2) is 33.1 Å². The monoisotopic (exact) mass is 342 g/mol. The Labute approximate surface area is 144 Å². The van der Waals surface area contributed by atoms with Crippen molar-refractivity contribution < 1.29 is 9.90 Å². The summed E-state index contributed by atoms with van der Waals surface area (Å²) in [5.41, 5.74) is 5.75. The van der Waals surface area contributed by atoms with Gasteiger partial charge in [0.15, 0.2) is 6.10 Å². The third kappa shape index (κ3) is 3.00. The Hall–Kier alpha value is -2.75. The van der Waals surface area contributed by atoms with E-state index in [0.29, 0.717) is 11.3 Å². The van der Waals surface area contributed by atoms with Crippen LogP contribution in [0, 0.1) is 11.3 Å². The number of hydrogen-bond donors (Lipinski definition) is 2. The van der Waals surface area contributed by atoms with Crippen LogP contribution in [0.15, 0.2) is 60.1 Å². The number of benzene rings is 1. The van der Waals surface area contributed by atoms with Gasteiger partial charge >= 0.3 is 0 Å². The van der Waals surface area contributed by atoms with Crippen molar-refractivity contribution >= 4 is 23.3 Å². The van der Waals surface area contributed by atoms with Gasteiger partial charge in [-0.05, 0) is 11.6 Å². The molecule has 2 N–H and O–H groups in total. The van der Waals surface area contributed by atoms with Gasteiger partial charge in [0, 0.05) is 41.9 Å². The Bertz CT molecular complexity index is 780. The minimum Gasteiger partial charge on any atom is -0.379 e. The molecule has 0 spiro atoms. The van der Waals surface area contributed by atoms with Crippen LogP contribution < -0.4 is 5.43 Å². The topological polar surface area (TPSA) is 79.6 Å². The first-order valence-electron chi connectivity index (χ1n) is 7.39. The maximum absolute atomic E-state index is 12.3. The third-order valence-corrected chi connectivity index (χ3v) is 3.99. The predicted molar refractivity (Wildman–Crippen MR) is 89.4 cm³/mol. The van der Waals surface area contributed by atoms with E-state index in [0.717, 1.165) is 11.1 Å². The number of carbonyl (C=O) groups excluding carboxylic acids is 1. The first-order valence-corrected chi connectivity index (χ1v) is 7.73. The normalized spacial score (nSPS) is 20.1. The zero-order chi connectivity index (χ0) is 17.1. The predicted octanol–water partition coefficient (Wildman–Crippen LogP) is 1.89. The van der Waals surface area contributed by atoms with Crippen molar-refractivity contribution in [3.05, 3.63) is 65.6 Å². The van der Waals surface area contributed by atoms with Crippen LogP contribution in [0.2, 0.25) is 0 Å². The molecule has 0 saturated heterocycles. The van der Waals surface area contributed by atoms with Crippen molar-refractivity contribution in [1.29, 1.82) is 5.26 Å². The second kappa shape index (κ2) is 6.79. The highest BCUT2D eigenvalue weighted by Gasteiger charge is 2.33. The van der Waals surface area contributed by atoms with Crippen molar-refractivity contribution in [2.75, 3.05) is 6.54 Å². The second-order valence-electron chi connectivity index (χ2n) is 5.30. The van der Waals surface area contributed by atoms with Crippen LogP contribution in [0.5, 0.6) is 0 Å². The summed E-state index contributed by atoms with van der Waals surface area (Å²) in [6, 6.07) is 11.6. The van der Waals surface area contributed by atoms with Crippen molar-refractivity contribution in [2.24, 2.45) is 0 Å². The van der Waals surface area contributed by atoms with Gasteiger partial charge in [0.1, 0.15) is 0 Å². The van der Waals surface area contributed by atoms with Gasteiger partial charge in [0.05, 0.1) is 18.2 Å². The minimum absolute atomic E-state index is 0.165. The van der Waals surface area contributed by atoms with Crippen LogP contribution in [0.3, 0.4) is 0 Å². The van der Waals surface area contributed by atoms with E-state index in [9.17, 15) is 9.90 Å². The Balaban J connectivity index is 2.10. The number of allylic oxidation sites excluding steroid dienone is 1. The molecule has 1 aromatic carbocycles. The van der Waals surface area contributed by atoms with E-state index in [-0.39, 0.29) is 13.0 Å². The average Bonchev–Trinajstić information content (AvgIpc) is 2.75. The van der Waals surface area contributed by atoms with E-state index in [1.165, 1.54) is 15.5 Å². The lowest BCUT2D eigenvalue weighted by Gasteiger charge is -2.32. The molecular formula is C17H15ClN4O2. The van der Waals surface area contributed by atoms with Crippen LogP contribution in [0.25, 0.3) is 5.57 Å². The molecule has 1 aromatic rings. The fourth-order valence-electron chi connectivity index (χ4n) is 2.70. The van der Waals surface area contributed by atoms with Gasteiger partial charge in [-0.3, -0.25) is 10.2 Å². The fourth-order valence-corrected chi connectivity index (χ4v) is 2.85. The van der Waals surface area contributed by atoms with E-state index in [1.807, 2.05) is 36.4 Å². The number of hydrazine groups is 1. The minimum atomic E-state index is -1.26. The zero-order valence-electron chi connectivity index (χ0n) is 12.7. The summed E-state index contributed by atoms with van der Waals surface area (Å²) in [6.45, 7) is 0.196. The number of carbonyl (C=O) groups is 1. The van der Waals surface area contributed by atoms with Gasteiger partial charge < -0.3 is 10.0 Å². The molecule has 1 unspecified atom stereocenters. The van der Waals surface area contributed by atoms with Crippen LogP contribution in [0.4, 0.5) is 0 Å². The molecule has 2 aliphatic rings. The summed E-state index contributed by atoms with van der Waals surface area (Å²) in [7, 11) is 0. The first-order chi connectivity index (χ1) is 11.6. The SMILES string of the molecule is N#CCCN1C(=O)C(O)C=C2C(c3ccccc3)=CN(Cl)NC=C21. The molecular weight excluding hydrogens is 328 g/mol. The Morgan fingerprint density at radius 3 is 2.75 bits per heavy atom. The molecule has 0 radical (unpaired) electrons. The molecule has 0 fully saturated rings. The van der Waals surface area contributed by atoms with Gasteiger partial charge in [-0.15, -0.1) is 0 Å². The zero-order valence-corrected chi connectivity index (χ0v) is 13.4. The van der Waals surface area contributed by atoms with Crippen LogP contribution >= 0.6 is 11.8 Å². The number of nitriles is 1. The van der Waals surface area contributed by atoms with E-state index in [1.54, 1.807) is 12.4 Å². The lowest BCUT2D eigenvalue weighted by molar-refractivity contribution is -0.136. The third-order valence-electron chi connectivity index (χ3n) is 3.80. The summed E-state index contributed by atoms with van der Waals surface area (Å²) >= 11 is 6.11. The number of fused-ring (bicyclic) bond motifs is 1. The number of rotatable bonds is 3. The Kier molecular flexibility index (Phi) is 4.56. The molecule has 24 heavy (non-hydrogen) atoms. The largest absolute Gasteiger partial charge is 0.379 e. The van der Waals surface area contributed by atoms with Crippen molar-refractivity contribution in [3.63, 3.8) is 0 Å². The molecule has 0 saturated carbocycles. The molecule has 2 aliphatic heterocycles. The van der Waals surface area contributed by atoms with Crippen molar-refractivity contribution in [3.8, 4) is 6.07 Å². The summed E-state index contributed by atoms with van der Waals surface area (Å²) in [4.78, 5) is 13.7. The molecule has 122 valence electrons. The smallest absolute Gasteiger partial charge is 0.259 e. The van der Waals surface area contributed by atoms with E-state index in [4.69, 9.17) is 17.0 Å². The highest BCUT2D eigenvalue weighted by molar-refractivity contribution is 6.14. The van der Waals surface area contributed by atoms with Gasteiger partial charge in [0.2, 0.25) is 0 Å². The number of hydrogen-bond acceptors (Lipinski definition) is 5. The van der Waals surface area contributed by atoms with Gasteiger partial charge in [-0.1, -0.05) is 30.3 Å². The van der Waals surface area contributed by atoms with Crippen molar-refractivity contribution in [1.82, 2.24) is 14.9 Å². The number of halogens is 1. The maximum atomic E-state index is 12.3. The lowest BCUT2D eigenvalue weighted by atomic mass is 9.92. The first kappa shape index (κ1) is 16.1. The number of amides is 1. The molecule has 0 aliphatic carbocycles. The van der Waals surface area contributed by atoms with Gasteiger partial charge in [-0.25, -0.2) is 4.53 Å². The van der Waals surface area contributed by atoms with Gasteiger partial charge in [-0.2, -0.15) is 5.26 Å². The highest BCUT2D eigenvalue weighted by Crippen LogP contribution is 2.35. The molecule has 1 atom stereocenters. The summed E-state index contributed by atoms with van der Waals surface area (Å²) in [5, 5.41) is 19.0. The quantitative estimate of drug-likeness (QED) is 0.820. The van der Waals surface area contributed by atoms with Crippen LogP contribution in [0.1, 0.15) is 12.0 Å². The number of nitrogens with one attached hydrogen (secondary N) is 1. The summed E-state index contributed by atoms with van der Waals surface area (Å²) < 4.78 is 1.26. The standard InChI is InChI=1S/C17H15ClN4O2/c18-22-11-14(12-5-2-1-3-6-12)13-9-16(23)17(24)21(8-4-7-19)15(13)10-20-22/h1-3,5-6,9-11,16,20,23H,4,8H2. The van der Waals surface area contributed by atoms with Crippen LogP contribution in [-0.2, 0) is 4.79 Å². The molecule has 2 heterocycles.